The minimum atomic E-state index is -0.643. The second-order valence-corrected chi connectivity index (χ2v) is 5.83. The van der Waals surface area contributed by atoms with Crippen LogP contribution < -0.4 is 18.9 Å². The molecule has 0 radical (unpaired) electrons. The molecule has 0 unspecified atom stereocenters. The molecular weight excluding hydrogens is 364 g/mol. The number of carbonyl (C=O) groups is 2. The number of rotatable bonds is 7. The first kappa shape index (κ1) is 19.3. The molecule has 0 atom stereocenters. The molecule has 146 valence electrons. The fourth-order valence-electron chi connectivity index (χ4n) is 2.61. The number of methoxy groups -OCH3 is 2. The minimum absolute atomic E-state index is 0.335. The third-order valence-electron chi connectivity index (χ3n) is 4.05. The molecule has 28 heavy (non-hydrogen) atoms. The van der Waals surface area contributed by atoms with Gasteiger partial charge in [0.2, 0.25) is 0 Å². The van der Waals surface area contributed by atoms with Crippen LogP contribution in [0.3, 0.4) is 0 Å². The molecule has 0 saturated heterocycles. The normalized spacial score (nSPS) is 12.5. The van der Waals surface area contributed by atoms with Gasteiger partial charge in [0.25, 0.3) is 0 Å². The highest BCUT2D eigenvalue weighted by molar-refractivity contribution is 5.99. The lowest BCUT2D eigenvalue weighted by Gasteiger charge is -2.18. The molecule has 0 spiro atoms. The summed E-state index contributed by atoms with van der Waals surface area (Å²) in [5, 5.41) is 0. The molecule has 3 rings (SSSR count). The highest BCUT2D eigenvalue weighted by atomic mass is 16.6. The Balaban J connectivity index is 1.60. The van der Waals surface area contributed by atoms with E-state index in [0.29, 0.717) is 47.3 Å². The van der Waals surface area contributed by atoms with E-state index in [1.54, 1.807) is 43.5 Å². The van der Waals surface area contributed by atoms with Gasteiger partial charge in [0, 0.05) is 17.2 Å². The minimum Gasteiger partial charge on any atom is -0.497 e. The van der Waals surface area contributed by atoms with Crippen molar-refractivity contribution in [1.29, 1.82) is 0 Å². The van der Waals surface area contributed by atoms with E-state index < -0.39 is 5.97 Å². The summed E-state index contributed by atoms with van der Waals surface area (Å²) in [6.07, 6.45) is 2.77. The predicted octanol–water partition coefficient (Wildman–Crippen LogP) is 2.91. The van der Waals surface area contributed by atoms with Gasteiger partial charge in [-0.05, 0) is 42.5 Å². The van der Waals surface area contributed by atoms with E-state index in [2.05, 4.69) is 0 Å². The van der Waals surface area contributed by atoms with Crippen molar-refractivity contribution in [2.75, 3.05) is 34.0 Å². The summed E-state index contributed by atoms with van der Waals surface area (Å²) < 4.78 is 26.3. The van der Waals surface area contributed by atoms with Gasteiger partial charge < -0.3 is 23.7 Å². The van der Waals surface area contributed by atoms with Crippen LogP contribution in [0.1, 0.15) is 15.9 Å². The highest BCUT2D eigenvalue weighted by Gasteiger charge is 2.16. The van der Waals surface area contributed by atoms with Crippen LogP contribution >= 0.6 is 0 Å². The van der Waals surface area contributed by atoms with E-state index in [0.717, 1.165) is 0 Å². The summed E-state index contributed by atoms with van der Waals surface area (Å²) >= 11 is 0. The smallest absolute Gasteiger partial charge is 0.331 e. The Hall–Kier alpha value is -3.48. The quantitative estimate of drug-likeness (QED) is 0.412. The molecule has 0 amide bonds. The Morgan fingerprint density at radius 3 is 2.54 bits per heavy atom. The number of hydrogen-bond donors (Lipinski definition) is 0. The second-order valence-electron chi connectivity index (χ2n) is 5.83. The molecule has 0 fully saturated rings. The summed E-state index contributed by atoms with van der Waals surface area (Å²) in [6, 6.07) is 10.1. The maximum Gasteiger partial charge on any atom is 0.331 e. The van der Waals surface area contributed by atoms with Gasteiger partial charge >= 0.3 is 5.97 Å². The van der Waals surface area contributed by atoms with Crippen molar-refractivity contribution in [2.24, 2.45) is 0 Å². The van der Waals surface area contributed by atoms with Crippen LogP contribution in [0.5, 0.6) is 23.0 Å². The maximum absolute atomic E-state index is 12.3. The first-order chi connectivity index (χ1) is 13.6. The summed E-state index contributed by atoms with van der Waals surface area (Å²) in [5.41, 5.74) is 1.03. The van der Waals surface area contributed by atoms with Crippen molar-refractivity contribution >= 4 is 17.8 Å². The Bertz CT molecular complexity index is 902. The van der Waals surface area contributed by atoms with E-state index in [1.165, 1.54) is 19.3 Å². The molecular formula is C21H20O7. The SMILES string of the molecule is COc1ccc(OC)c(C=CC(=O)OCC(=O)c2ccc3c(c2)OCCO3)c1. The molecule has 0 N–H and O–H groups in total. The molecule has 1 heterocycles. The number of hydrogen-bond acceptors (Lipinski definition) is 7. The molecule has 2 aromatic carbocycles. The van der Waals surface area contributed by atoms with Gasteiger partial charge in [-0.3, -0.25) is 4.79 Å². The Labute approximate surface area is 162 Å². The molecule has 1 aliphatic heterocycles. The fourth-order valence-corrected chi connectivity index (χ4v) is 2.61. The van der Waals surface area contributed by atoms with Crippen molar-refractivity contribution in [3.05, 3.63) is 53.6 Å². The van der Waals surface area contributed by atoms with Gasteiger partial charge in [0.15, 0.2) is 23.9 Å². The molecule has 0 aliphatic carbocycles. The van der Waals surface area contributed by atoms with Crippen LogP contribution in [0.15, 0.2) is 42.5 Å². The van der Waals surface area contributed by atoms with E-state index in [9.17, 15) is 9.59 Å². The molecule has 7 nitrogen and oxygen atoms in total. The summed E-state index contributed by atoms with van der Waals surface area (Å²) in [6.45, 7) is 0.526. The number of carbonyl (C=O) groups excluding carboxylic acids is 2. The predicted molar refractivity (Wildman–Crippen MR) is 101 cm³/mol. The Morgan fingerprint density at radius 2 is 1.79 bits per heavy atom. The lowest BCUT2D eigenvalue weighted by atomic mass is 10.1. The summed E-state index contributed by atoms with van der Waals surface area (Å²) in [4.78, 5) is 24.2. The van der Waals surface area contributed by atoms with Gasteiger partial charge in [-0.1, -0.05) is 0 Å². The third kappa shape index (κ3) is 4.62. The van der Waals surface area contributed by atoms with Gasteiger partial charge in [0.1, 0.15) is 24.7 Å². The van der Waals surface area contributed by atoms with Gasteiger partial charge in [-0.2, -0.15) is 0 Å². The largest absolute Gasteiger partial charge is 0.497 e. The zero-order chi connectivity index (χ0) is 19.9. The zero-order valence-electron chi connectivity index (χ0n) is 15.6. The van der Waals surface area contributed by atoms with Crippen molar-refractivity contribution in [1.82, 2.24) is 0 Å². The zero-order valence-corrected chi connectivity index (χ0v) is 15.6. The van der Waals surface area contributed by atoms with E-state index >= 15 is 0 Å². The Kier molecular flexibility index (Phi) is 6.16. The average molecular weight is 384 g/mol. The third-order valence-corrected chi connectivity index (χ3v) is 4.05. The van der Waals surface area contributed by atoms with Gasteiger partial charge in [0.05, 0.1) is 14.2 Å². The fraction of sp³-hybridized carbons (Fsp3) is 0.238. The molecule has 0 bridgehead atoms. The lowest BCUT2D eigenvalue weighted by Crippen LogP contribution is -2.17. The standard InChI is InChI=1S/C21H20O7/c1-24-16-5-7-18(25-2)15(11-16)4-8-21(23)28-13-17(22)14-3-6-19-20(12-14)27-10-9-26-19/h3-8,11-12H,9-10,13H2,1-2H3. The van der Waals surface area contributed by atoms with Crippen molar-refractivity contribution in [3.63, 3.8) is 0 Å². The van der Waals surface area contributed by atoms with Gasteiger partial charge in [-0.25, -0.2) is 4.79 Å². The first-order valence-corrected chi connectivity index (χ1v) is 8.60. The van der Waals surface area contributed by atoms with Crippen molar-refractivity contribution < 1.29 is 33.3 Å². The number of ketones is 1. The summed E-state index contributed by atoms with van der Waals surface area (Å²) in [5.74, 6) is 1.33. The average Bonchev–Trinajstić information content (AvgIpc) is 2.75. The van der Waals surface area contributed by atoms with E-state index in [-0.39, 0.29) is 12.4 Å². The number of Topliss-reactive ketones (excluding diaryl/α,β-unsaturated/α-hetero) is 1. The second kappa shape index (κ2) is 8.94. The highest BCUT2D eigenvalue weighted by Crippen LogP contribution is 2.31. The number of benzene rings is 2. The van der Waals surface area contributed by atoms with Crippen LogP contribution in [-0.2, 0) is 9.53 Å². The van der Waals surface area contributed by atoms with Crippen LogP contribution in [0.2, 0.25) is 0 Å². The van der Waals surface area contributed by atoms with Crippen molar-refractivity contribution in [3.8, 4) is 23.0 Å². The molecule has 1 aliphatic rings. The van der Waals surface area contributed by atoms with E-state index in [1.807, 2.05) is 0 Å². The van der Waals surface area contributed by atoms with Crippen LogP contribution in [0, 0.1) is 0 Å². The molecule has 0 saturated carbocycles. The molecule has 2 aromatic rings. The lowest BCUT2D eigenvalue weighted by molar-refractivity contribution is -0.136. The van der Waals surface area contributed by atoms with Crippen molar-refractivity contribution in [2.45, 2.75) is 0 Å². The van der Waals surface area contributed by atoms with E-state index in [4.69, 9.17) is 23.7 Å². The first-order valence-electron chi connectivity index (χ1n) is 8.60. The topological polar surface area (TPSA) is 80.3 Å². The van der Waals surface area contributed by atoms with Gasteiger partial charge in [-0.15, -0.1) is 0 Å². The number of fused-ring (bicyclic) bond motifs is 1. The van der Waals surface area contributed by atoms with Crippen LogP contribution in [0.25, 0.3) is 6.08 Å². The summed E-state index contributed by atoms with van der Waals surface area (Å²) in [7, 11) is 3.08. The molecule has 0 aromatic heterocycles. The monoisotopic (exact) mass is 384 g/mol. The Morgan fingerprint density at radius 1 is 1.00 bits per heavy atom. The maximum atomic E-state index is 12.3. The number of ether oxygens (including phenoxy) is 5. The van der Waals surface area contributed by atoms with Crippen LogP contribution in [-0.4, -0.2) is 45.8 Å². The van der Waals surface area contributed by atoms with Crippen LogP contribution in [0.4, 0.5) is 0 Å². The number of esters is 1. The molecule has 7 heteroatoms.